The number of carbonyl (C=O) groups excluding carboxylic acids is 1. The third kappa shape index (κ3) is 3.61. The van der Waals surface area contributed by atoms with Crippen LogP contribution in [0.1, 0.15) is 17.9 Å². The number of nitrogens with zero attached hydrogens (tertiary/aromatic N) is 2. The van der Waals surface area contributed by atoms with Gasteiger partial charge in [-0.05, 0) is 24.3 Å². The van der Waals surface area contributed by atoms with E-state index in [4.69, 9.17) is 16.3 Å². The Hall–Kier alpha value is -2.54. The maximum atomic E-state index is 13.7. The maximum absolute atomic E-state index is 13.7. The van der Waals surface area contributed by atoms with E-state index in [2.05, 4.69) is 4.98 Å². The SMILES string of the molecule is O=C(Cc1c(F)cccc1Cl)OCc1nc2ccccc2n1C(F)F. The van der Waals surface area contributed by atoms with Crippen molar-refractivity contribution in [3.8, 4) is 0 Å². The van der Waals surface area contributed by atoms with Gasteiger partial charge in [-0.2, -0.15) is 8.78 Å². The summed E-state index contributed by atoms with van der Waals surface area (Å²) in [7, 11) is 0. The average Bonchev–Trinajstić information content (AvgIpc) is 2.95. The van der Waals surface area contributed by atoms with E-state index in [-0.39, 0.29) is 21.9 Å². The number of fused-ring (bicyclic) bond motifs is 1. The van der Waals surface area contributed by atoms with Gasteiger partial charge in [0.05, 0.1) is 17.5 Å². The lowest BCUT2D eigenvalue weighted by molar-refractivity contribution is -0.144. The smallest absolute Gasteiger partial charge is 0.320 e. The number of imidazole rings is 1. The molecule has 2 aromatic carbocycles. The molecule has 0 N–H and O–H groups in total. The summed E-state index contributed by atoms with van der Waals surface area (Å²) < 4.78 is 45.9. The first-order valence-electron chi connectivity index (χ1n) is 7.30. The van der Waals surface area contributed by atoms with Gasteiger partial charge in [-0.25, -0.2) is 9.37 Å². The Bertz CT molecular complexity index is 907. The second kappa shape index (κ2) is 7.14. The van der Waals surface area contributed by atoms with E-state index in [1.54, 1.807) is 18.2 Å². The molecule has 0 fully saturated rings. The molecule has 1 heterocycles. The van der Waals surface area contributed by atoms with Gasteiger partial charge in [0, 0.05) is 10.6 Å². The number of halogens is 4. The van der Waals surface area contributed by atoms with E-state index in [1.807, 2.05) is 0 Å². The fraction of sp³-hybridized carbons (Fsp3) is 0.176. The minimum Gasteiger partial charge on any atom is -0.457 e. The van der Waals surface area contributed by atoms with E-state index in [1.165, 1.54) is 24.3 Å². The molecule has 0 saturated carbocycles. The van der Waals surface area contributed by atoms with Crippen molar-refractivity contribution in [2.24, 2.45) is 0 Å². The Kier molecular flexibility index (Phi) is 4.94. The Morgan fingerprint density at radius 2 is 1.96 bits per heavy atom. The molecule has 1 aromatic heterocycles. The predicted molar refractivity (Wildman–Crippen MR) is 85.9 cm³/mol. The Labute approximate surface area is 145 Å². The molecule has 0 aliphatic heterocycles. The number of carbonyl (C=O) groups is 1. The first-order chi connectivity index (χ1) is 12.0. The van der Waals surface area contributed by atoms with Crippen molar-refractivity contribution in [2.45, 2.75) is 19.6 Å². The number of hydrogen-bond acceptors (Lipinski definition) is 3. The second-order valence-corrected chi connectivity index (χ2v) is 5.61. The quantitative estimate of drug-likeness (QED) is 0.622. The second-order valence-electron chi connectivity index (χ2n) is 5.20. The molecule has 130 valence electrons. The monoisotopic (exact) mass is 368 g/mol. The van der Waals surface area contributed by atoms with Gasteiger partial charge in [-0.1, -0.05) is 29.8 Å². The molecular formula is C17H12ClF3N2O2. The lowest BCUT2D eigenvalue weighted by Crippen LogP contribution is -2.13. The Balaban J connectivity index is 1.76. The molecule has 0 bridgehead atoms. The average molecular weight is 369 g/mol. The van der Waals surface area contributed by atoms with Crippen LogP contribution in [-0.2, 0) is 22.6 Å². The van der Waals surface area contributed by atoms with E-state index in [9.17, 15) is 18.0 Å². The van der Waals surface area contributed by atoms with E-state index >= 15 is 0 Å². The number of rotatable bonds is 5. The predicted octanol–water partition coefficient (Wildman–Crippen LogP) is 4.51. The molecule has 0 atom stereocenters. The van der Waals surface area contributed by atoms with Crippen molar-refractivity contribution in [1.82, 2.24) is 9.55 Å². The number of hydrogen-bond donors (Lipinski definition) is 0. The number of aromatic nitrogens is 2. The van der Waals surface area contributed by atoms with Crippen molar-refractivity contribution in [1.29, 1.82) is 0 Å². The summed E-state index contributed by atoms with van der Waals surface area (Å²) in [5, 5.41) is 0.0942. The lowest BCUT2D eigenvalue weighted by atomic mass is 10.1. The topological polar surface area (TPSA) is 44.1 Å². The highest BCUT2D eigenvalue weighted by Gasteiger charge is 2.19. The van der Waals surface area contributed by atoms with Crippen LogP contribution in [0.15, 0.2) is 42.5 Å². The van der Waals surface area contributed by atoms with Crippen LogP contribution in [0.4, 0.5) is 13.2 Å². The minimum absolute atomic E-state index is 0.00321. The standard InChI is InChI=1S/C17H12ClF3N2O2/c18-11-4-3-5-12(19)10(11)8-16(24)25-9-15-22-13-6-1-2-7-14(13)23(15)17(20)21/h1-7,17H,8-9H2. The van der Waals surface area contributed by atoms with Gasteiger partial charge in [-0.15, -0.1) is 0 Å². The highest BCUT2D eigenvalue weighted by Crippen LogP contribution is 2.24. The molecule has 25 heavy (non-hydrogen) atoms. The molecule has 0 saturated heterocycles. The molecular weight excluding hydrogens is 357 g/mol. The zero-order valence-corrected chi connectivity index (χ0v) is 13.5. The molecule has 3 aromatic rings. The summed E-state index contributed by atoms with van der Waals surface area (Å²) in [6.45, 7) is -3.29. The van der Waals surface area contributed by atoms with E-state index < -0.39 is 31.4 Å². The van der Waals surface area contributed by atoms with Gasteiger partial charge in [0.1, 0.15) is 12.4 Å². The van der Waals surface area contributed by atoms with Gasteiger partial charge in [-0.3, -0.25) is 9.36 Å². The van der Waals surface area contributed by atoms with Crippen molar-refractivity contribution >= 4 is 28.6 Å². The summed E-state index contributed by atoms with van der Waals surface area (Å²) in [5.74, 6) is -1.52. The molecule has 0 aliphatic carbocycles. The number of para-hydroxylation sites is 2. The third-order valence-corrected chi connectivity index (χ3v) is 3.96. The van der Waals surface area contributed by atoms with Crippen molar-refractivity contribution in [3.05, 3.63) is 64.7 Å². The lowest BCUT2D eigenvalue weighted by Gasteiger charge is -2.09. The minimum atomic E-state index is -2.83. The largest absolute Gasteiger partial charge is 0.457 e. The van der Waals surface area contributed by atoms with Crippen molar-refractivity contribution in [3.63, 3.8) is 0 Å². The summed E-state index contributed by atoms with van der Waals surface area (Å²) in [6.07, 6.45) is -0.402. The highest BCUT2D eigenvalue weighted by molar-refractivity contribution is 6.31. The fourth-order valence-corrected chi connectivity index (χ4v) is 2.69. The summed E-state index contributed by atoms with van der Waals surface area (Å²) in [4.78, 5) is 16.0. The van der Waals surface area contributed by atoms with Crippen LogP contribution in [0.3, 0.4) is 0 Å². The van der Waals surface area contributed by atoms with Gasteiger partial charge in [0.15, 0.2) is 5.82 Å². The van der Waals surface area contributed by atoms with Gasteiger partial charge < -0.3 is 4.74 Å². The molecule has 0 aliphatic rings. The Morgan fingerprint density at radius 1 is 1.20 bits per heavy atom. The fourth-order valence-electron chi connectivity index (χ4n) is 2.46. The number of esters is 1. The third-order valence-electron chi connectivity index (χ3n) is 3.61. The molecule has 0 amide bonds. The molecule has 0 spiro atoms. The first-order valence-corrected chi connectivity index (χ1v) is 7.67. The van der Waals surface area contributed by atoms with Crippen LogP contribution >= 0.6 is 11.6 Å². The Morgan fingerprint density at radius 3 is 2.68 bits per heavy atom. The van der Waals surface area contributed by atoms with Gasteiger partial charge in [0.2, 0.25) is 0 Å². The van der Waals surface area contributed by atoms with Crippen molar-refractivity contribution < 1.29 is 22.7 Å². The number of alkyl halides is 2. The van der Waals surface area contributed by atoms with E-state index in [0.717, 1.165) is 0 Å². The van der Waals surface area contributed by atoms with Crippen LogP contribution in [0.5, 0.6) is 0 Å². The number of benzene rings is 2. The van der Waals surface area contributed by atoms with Gasteiger partial charge >= 0.3 is 12.5 Å². The van der Waals surface area contributed by atoms with Crippen LogP contribution in [0.2, 0.25) is 5.02 Å². The summed E-state index contributed by atoms with van der Waals surface area (Å²) in [6, 6.07) is 10.4. The zero-order chi connectivity index (χ0) is 18.0. The molecule has 0 unspecified atom stereocenters. The maximum Gasteiger partial charge on any atom is 0.320 e. The molecule has 0 radical (unpaired) electrons. The van der Waals surface area contributed by atoms with Crippen LogP contribution in [0, 0.1) is 5.82 Å². The summed E-state index contributed by atoms with van der Waals surface area (Å²) in [5.41, 5.74) is 0.600. The summed E-state index contributed by atoms with van der Waals surface area (Å²) >= 11 is 5.85. The molecule has 4 nitrogen and oxygen atoms in total. The van der Waals surface area contributed by atoms with Crippen molar-refractivity contribution in [2.75, 3.05) is 0 Å². The zero-order valence-electron chi connectivity index (χ0n) is 12.8. The van der Waals surface area contributed by atoms with Crippen LogP contribution in [-0.4, -0.2) is 15.5 Å². The highest BCUT2D eigenvalue weighted by atomic mass is 35.5. The number of ether oxygens (including phenoxy) is 1. The molecule has 8 heteroatoms. The normalized spacial score (nSPS) is 11.2. The van der Waals surface area contributed by atoms with E-state index in [0.29, 0.717) is 10.1 Å². The van der Waals surface area contributed by atoms with Crippen LogP contribution < -0.4 is 0 Å². The van der Waals surface area contributed by atoms with Crippen LogP contribution in [0.25, 0.3) is 11.0 Å². The van der Waals surface area contributed by atoms with Gasteiger partial charge in [0.25, 0.3) is 0 Å². The first kappa shape index (κ1) is 17.3. The molecule has 3 rings (SSSR count).